The molecule has 0 atom stereocenters. The van der Waals surface area contributed by atoms with Gasteiger partial charge in [0.15, 0.2) is 0 Å². The average molecular weight is 183 g/mol. The highest BCUT2D eigenvalue weighted by Crippen LogP contribution is 2.18. The van der Waals surface area contributed by atoms with Crippen LogP contribution in [0.3, 0.4) is 0 Å². The molecule has 71 valence electrons. The Hall–Kier alpha value is -1.30. The Morgan fingerprint density at radius 1 is 0.929 bits per heavy atom. The summed E-state index contributed by atoms with van der Waals surface area (Å²) >= 11 is 0. The van der Waals surface area contributed by atoms with Crippen LogP contribution in [0.2, 0.25) is 0 Å². The van der Waals surface area contributed by atoms with E-state index in [9.17, 15) is 0 Å². The van der Waals surface area contributed by atoms with Gasteiger partial charge in [0.25, 0.3) is 0 Å². The molecular weight excluding hydrogens is 168 g/mol. The first-order chi connectivity index (χ1) is 6.75. The maximum absolute atomic E-state index is 2.28. The van der Waals surface area contributed by atoms with Crippen LogP contribution in [0.15, 0.2) is 42.5 Å². The van der Waals surface area contributed by atoms with Crippen LogP contribution in [0.5, 0.6) is 0 Å². The fourth-order valence-electron chi connectivity index (χ4n) is 1.70. The number of rotatable bonds is 2. The van der Waals surface area contributed by atoms with E-state index in [0.717, 1.165) is 0 Å². The van der Waals surface area contributed by atoms with Gasteiger partial charge in [-0.05, 0) is 28.7 Å². The van der Waals surface area contributed by atoms with Crippen molar-refractivity contribution in [3.05, 3.63) is 54.4 Å². The molecule has 2 aromatic carbocycles. The van der Waals surface area contributed by atoms with Crippen molar-refractivity contribution in [2.24, 2.45) is 5.92 Å². The summed E-state index contributed by atoms with van der Waals surface area (Å²) < 4.78 is 0. The van der Waals surface area contributed by atoms with E-state index in [-0.39, 0.29) is 0 Å². The van der Waals surface area contributed by atoms with Gasteiger partial charge in [0.05, 0.1) is 0 Å². The summed E-state index contributed by atoms with van der Waals surface area (Å²) in [6.45, 7) is 4.41. The van der Waals surface area contributed by atoms with E-state index in [1.54, 1.807) is 0 Å². The summed E-state index contributed by atoms with van der Waals surface area (Å²) in [6, 6.07) is 15.1. The predicted molar refractivity (Wildman–Crippen MR) is 62.2 cm³/mol. The van der Waals surface area contributed by atoms with Gasteiger partial charge in [0, 0.05) is 0 Å². The second-order valence-corrected chi connectivity index (χ2v) is 4.02. The number of hydrogen-bond donors (Lipinski definition) is 0. The van der Waals surface area contributed by atoms with E-state index in [1.807, 2.05) is 0 Å². The molecule has 0 heterocycles. The Morgan fingerprint density at radius 2 is 1.64 bits per heavy atom. The van der Waals surface area contributed by atoms with Gasteiger partial charge < -0.3 is 0 Å². The van der Waals surface area contributed by atoms with Crippen molar-refractivity contribution in [1.29, 1.82) is 0 Å². The summed E-state index contributed by atoms with van der Waals surface area (Å²) in [7, 11) is 0. The maximum Gasteiger partial charge on any atom is -0.00673 e. The van der Waals surface area contributed by atoms with Crippen molar-refractivity contribution in [2.45, 2.75) is 13.8 Å². The first-order valence-corrected chi connectivity index (χ1v) is 5.09. The molecule has 0 saturated heterocycles. The van der Waals surface area contributed by atoms with Gasteiger partial charge in [-0.2, -0.15) is 0 Å². The van der Waals surface area contributed by atoms with E-state index in [1.165, 1.54) is 16.3 Å². The van der Waals surface area contributed by atoms with Gasteiger partial charge in [-0.3, -0.25) is 0 Å². The highest BCUT2D eigenvalue weighted by Gasteiger charge is 1.99. The molecule has 0 heteroatoms. The average Bonchev–Trinajstić information content (AvgIpc) is 2.17. The van der Waals surface area contributed by atoms with Gasteiger partial charge in [0.1, 0.15) is 0 Å². The van der Waals surface area contributed by atoms with Crippen LogP contribution in [-0.4, -0.2) is 0 Å². The first-order valence-electron chi connectivity index (χ1n) is 5.09. The monoisotopic (exact) mass is 183 g/mol. The summed E-state index contributed by atoms with van der Waals surface area (Å²) in [4.78, 5) is 0. The largest absolute Gasteiger partial charge is 0.0622 e. The molecule has 0 unspecified atom stereocenters. The number of hydrogen-bond acceptors (Lipinski definition) is 0. The summed E-state index contributed by atoms with van der Waals surface area (Å²) in [6.07, 6.45) is 2.28. The number of benzene rings is 2. The Morgan fingerprint density at radius 3 is 2.36 bits per heavy atom. The molecule has 0 N–H and O–H groups in total. The normalized spacial score (nSPS) is 11.1. The lowest BCUT2D eigenvalue weighted by molar-refractivity contribution is 0.777. The fraction of sp³-hybridized carbons (Fsp3) is 0.214. The van der Waals surface area contributed by atoms with Crippen LogP contribution in [0.1, 0.15) is 19.4 Å². The van der Waals surface area contributed by atoms with E-state index >= 15 is 0 Å². The van der Waals surface area contributed by atoms with Gasteiger partial charge >= 0.3 is 0 Å². The molecule has 0 aliphatic rings. The molecule has 0 bridgehead atoms. The van der Waals surface area contributed by atoms with Crippen LogP contribution in [0, 0.1) is 12.3 Å². The molecule has 2 aromatic rings. The van der Waals surface area contributed by atoms with Gasteiger partial charge in [-0.25, -0.2) is 0 Å². The van der Waals surface area contributed by atoms with Crippen molar-refractivity contribution >= 4 is 10.8 Å². The molecule has 0 amide bonds. The Labute approximate surface area is 85.6 Å². The quantitative estimate of drug-likeness (QED) is 0.659. The van der Waals surface area contributed by atoms with Gasteiger partial charge in [0.2, 0.25) is 0 Å². The lowest BCUT2D eigenvalue weighted by atomic mass is 10.00. The third-order valence-corrected chi connectivity index (χ3v) is 2.30. The SMILES string of the molecule is CC(C)[CH]c1ccc2ccccc2c1. The van der Waals surface area contributed by atoms with Crippen LogP contribution in [0.4, 0.5) is 0 Å². The molecule has 0 aliphatic carbocycles. The zero-order valence-electron chi connectivity index (χ0n) is 8.70. The molecule has 0 saturated carbocycles. The molecule has 0 aliphatic heterocycles. The first kappa shape index (κ1) is 9.26. The van der Waals surface area contributed by atoms with Crippen molar-refractivity contribution in [3.63, 3.8) is 0 Å². The fourth-order valence-corrected chi connectivity index (χ4v) is 1.70. The van der Waals surface area contributed by atoms with E-state index in [4.69, 9.17) is 0 Å². The summed E-state index contributed by atoms with van der Waals surface area (Å²) in [5.74, 6) is 0.608. The zero-order valence-corrected chi connectivity index (χ0v) is 8.70. The standard InChI is InChI=1S/C14H15/c1-11(2)9-12-7-8-13-5-3-4-6-14(13)10-12/h3-11H,1-2H3. The lowest BCUT2D eigenvalue weighted by Crippen LogP contribution is -1.90. The smallest absolute Gasteiger partial charge is 0.00673 e. The third kappa shape index (κ3) is 1.95. The van der Waals surface area contributed by atoms with E-state index in [0.29, 0.717) is 5.92 Å². The van der Waals surface area contributed by atoms with Crippen molar-refractivity contribution in [3.8, 4) is 0 Å². The van der Waals surface area contributed by atoms with Crippen molar-refractivity contribution in [1.82, 2.24) is 0 Å². The molecule has 1 radical (unpaired) electrons. The predicted octanol–water partition coefficient (Wildman–Crippen LogP) is 4.05. The second kappa shape index (κ2) is 3.83. The van der Waals surface area contributed by atoms with Crippen LogP contribution >= 0.6 is 0 Å². The lowest BCUT2D eigenvalue weighted by Gasteiger charge is -2.05. The molecule has 2 rings (SSSR count). The van der Waals surface area contributed by atoms with Crippen LogP contribution in [-0.2, 0) is 0 Å². The topological polar surface area (TPSA) is 0 Å². The second-order valence-electron chi connectivity index (χ2n) is 4.02. The number of fused-ring (bicyclic) bond motifs is 1. The third-order valence-electron chi connectivity index (χ3n) is 2.30. The van der Waals surface area contributed by atoms with Gasteiger partial charge in [-0.15, -0.1) is 0 Å². The maximum atomic E-state index is 2.28. The Bertz CT molecular complexity index is 427. The minimum absolute atomic E-state index is 0.608. The summed E-state index contributed by atoms with van der Waals surface area (Å²) in [5.41, 5.74) is 1.32. The highest BCUT2D eigenvalue weighted by molar-refractivity contribution is 5.83. The van der Waals surface area contributed by atoms with E-state index in [2.05, 4.69) is 62.7 Å². The van der Waals surface area contributed by atoms with Crippen molar-refractivity contribution in [2.75, 3.05) is 0 Å². The molecule has 0 nitrogen and oxygen atoms in total. The molecule has 14 heavy (non-hydrogen) atoms. The molecular formula is C14H15. The Balaban J connectivity index is 2.41. The zero-order chi connectivity index (χ0) is 9.97. The highest BCUT2D eigenvalue weighted by atomic mass is 14.0. The van der Waals surface area contributed by atoms with E-state index < -0.39 is 0 Å². The molecule has 0 fully saturated rings. The minimum Gasteiger partial charge on any atom is -0.0622 e. The van der Waals surface area contributed by atoms with Crippen molar-refractivity contribution < 1.29 is 0 Å². The van der Waals surface area contributed by atoms with Crippen LogP contribution < -0.4 is 0 Å². The molecule has 0 aromatic heterocycles. The minimum atomic E-state index is 0.608. The summed E-state index contributed by atoms with van der Waals surface area (Å²) in [5, 5.41) is 2.63. The molecule has 0 spiro atoms. The Kier molecular flexibility index (Phi) is 2.53. The van der Waals surface area contributed by atoms with Gasteiger partial charge in [-0.1, -0.05) is 56.3 Å². The van der Waals surface area contributed by atoms with Crippen LogP contribution in [0.25, 0.3) is 10.8 Å².